The highest BCUT2D eigenvalue weighted by atomic mass is 16.5. The number of aliphatic carboxylic acids is 1. The Morgan fingerprint density at radius 3 is 2.48 bits per heavy atom. The maximum atomic E-state index is 12.3. The predicted octanol–water partition coefficient (Wildman–Crippen LogP) is 3.25. The number of carboxylic acids is 1. The standard InChI is InChI=1S/C22H23NO6/c1-4-12(2)19(21(25)26)23-18(24)11-28-17-10-9-15-14-7-5-6-8-16(14)22(27)29-20(15)13(17)3/h5-10,12,19H,4,11H2,1-3H3,(H,23,24)(H,25,26). The molecule has 2 N–H and O–H groups in total. The van der Waals surface area contributed by atoms with Crippen molar-refractivity contribution in [3.8, 4) is 5.75 Å². The second-order valence-corrected chi connectivity index (χ2v) is 7.06. The number of nitrogens with one attached hydrogen (secondary N) is 1. The molecule has 0 bridgehead atoms. The summed E-state index contributed by atoms with van der Waals surface area (Å²) in [6.07, 6.45) is 0.620. The molecule has 0 saturated heterocycles. The summed E-state index contributed by atoms with van der Waals surface area (Å²) in [4.78, 5) is 35.8. The Morgan fingerprint density at radius 1 is 1.14 bits per heavy atom. The number of carbonyl (C=O) groups is 2. The number of aryl methyl sites for hydroxylation is 1. The van der Waals surface area contributed by atoms with Crippen LogP contribution in [0.4, 0.5) is 0 Å². The number of fused-ring (bicyclic) bond motifs is 3. The summed E-state index contributed by atoms with van der Waals surface area (Å²) in [6, 6.07) is 9.70. The van der Waals surface area contributed by atoms with E-state index in [1.54, 1.807) is 38.1 Å². The lowest BCUT2D eigenvalue weighted by molar-refractivity contribution is -0.143. The Balaban J connectivity index is 1.83. The van der Waals surface area contributed by atoms with Crippen molar-refractivity contribution in [1.29, 1.82) is 0 Å². The van der Waals surface area contributed by atoms with Gasteiger partial charge < -0.3 is 19.6 Å². The van der Waals surface area contributed by atoms with E-state index in [2.05, 4.69) is 5.32 Å². The molecular formula is C22H23NO6. The third-order valence-electron chi connectivity index (χ3n) is 5.14. The molecule has 2 atom stereocenters. The summed E-state index contributed by atoms with van der Waals surface area (Å²) in [5, 5.41) is 13.8. The van der Waals surface area contributed by atoms with E-state index in [0.29, 0.717) is 28.7 Å². The number of carboxylic acid groups (broad SMARTS) is 1. The van der Waals surface area contributed by atoms with Crippen molar-refractivity contribution in [3.05, 3.63) is 52.4 Å². The van der Waals surface area contributed by atoms with Crippen molar-refractivity contribution < 1.29 is 23.8 Å². The molecule has 0 aliphatic heterocycles. The molecule has 0 saturated carbocycles. The molecule has 1 aromatic heterocycles. The first-order chi connectivity index (χ1) is 13.8. The van der Waals surface area contributed by atoms with Crippen molar-refractivity contribution >= 4 is 33.6 Å². The van der Waals surface area contributed by atoms with E-state index in [9.17, 15) is 19.5 Å². The molecule has 0 aliphatic rings. The summed E-state index contributed by atoms with van der Waals surface area (Å²) in [6.45, 7) is 5.02. The number of amides is 1. The Morgan fingerprint density at radius 2 is 1.83 bits per heavy atom. The van der Waals surface area contributed by atoms with Gasteiger partial charge in [-0.2, -0.15) is 0 Å². The molecule has 7 nitrogen and oxygen atoms in total. The fourth-order valence-corrected chi connectivity index (χ4v) is 3.26. The molecule has 1 amide bonds. The van der Waals surface area contributed by atoms with E-state index >= 15 is 0 Å². The van der Waals surface area contributed by atoms with Crippen LogP contribution in [0.5, 0.6) is 5.75 Å². The van der Waals surface area contributed by atoms with E-state index < -0.39 is 23.5 Å². The van der Waals surface area contributed by atoms with Crippen molar-refractivity contribution in [3.63, 3.8) is 0 Å². The van der Waals surface area contributed by atoms with Crippen LogP contribution < -0.4 is 15.7 Å². The lowest BCUT2D eigenvalue weighted by atomic mass is 9.99. The molecule has 152 valence electrons. The molecule has 1 heterocycles. The van der Waals surface area contributed by atoms with Crippen LogP contribution in [0, 0.1) is 12.8 Å². The van der Waals surface area contributed by atoms with Crippen molar-refractivity contribution in [1.82, 2.24) is 5.32 Å². The highest BCUT2D eigenvalue weighted by Crippen LogP contribution is 2.30. The second-order valence-electron chi connectivity index (χ2n) is 7.06. The van der Waals surface area contributed by atoms with Gasteiger partial charge in [0.1, 0.15) is 17.4 Å². The van der Waals surface area contributed by atoms with Gasteiger partial charge in [0.05, 0.1) is 5.39 Å². The van der Waals surface area contributed by atoms with E-state index in [0.717, 1.165) is 10.8 Å². The van der Waals surface area contributed by atoms with E-state index in [1.165, 1.54) is 0 Å². The van der Waals surface area contributed by atoms with Crippen molar-refractivity contribution in [2.24, 2.45) is 5.92 Å². The van der Waals surface area contributed by atoms with Crippen LogP contribution in [-0.2, 0) is 9.59 Å². The number of rotatable bonds is 7. The van der Waals surface area contributed by atoms with Gasteiger partial charge in [-0.25, -0.2) is 9.59 Å². The third kappa shape index (κ3) is 4.08. The van der Waals surface area contributed by atoms with Crippen LogP contribution in [0.2, 0.25) is 0 Å². The first-order valence-corrected chi connectivity index (χ1v) is 9.43. The fourth-order valence-electron chi connectivity index (χ4n) is 3.26. The lowest BCUT2D eigenvalue weighted by Gasteiger charge is -2.20. The maximum Gasteiger partial charge on any atom is 0.344 e. The molecule has 0 spiro atoms. The summed E-state index contributed by atoms with van der Waals surface area (Å²) in [5.74, 6) is -1.43. The van der Waals surface area contributed by atoms with Gasteiger partial charge in [0.25, 0.3) is 5.91 Å². The van der Waals surface area contributed by atoms with Crippen LogP contribution in [0.1, 0.15) is 25.8 Å². The lowest BCUT2D eigenvalue weighted by Crippen LogP contribution is -2.46. The molecule has 0 radical (unpaired) electrons. The Bertz CT molecular complexity index is 1130. The normalized spacial score (nSPS) is 13.2. The molecule has 2 aromatic carbocycles. The average Bonchev–Trinajstić information content (AvgIpc) is 2.71. The monoisotopic (exact) mass is 397 g/mol. The topological polar surface area (TPSA) is 106 Å². The zero-order valence-electron chi connectivity index (χ0n) is 16.5. The molecule has 3 rings (SSSR count). The van der Waals surface area contributed by atoms with E-state index in [4.69, 9.17) is 9.15 Å². The van der Waals surface area contributed by atoms with E-state index in [-0.39, 0.29) is 12.5 Å². The largest absolute Gasteiger partial charge is 0.483 e. The fraction of sp³-hybridized carbons (Fsp3) is 0.318. The third-order valence-corrected chi connectivity index (χ3v) is 5.14. The van der Waals surface area contributed by atoms with Crippen molar-refractivity contribution in [2.75, 3.05) is 6.61 Å². The quantitative estimate of drug-likeness (QED) is 0.468. The summed E-state index contributed by atoms with van der Waals surface area (Å²) in [5.41, 5.74) is 0.549. The maximum absolute atomic E-state index is 12.3. The minimum Gasteiger partial charge on any atom is -0.483 e. The number of carbonyl (C=O) groups excluding carboxylic acids is 1. The molecule has 2 unspecified atom stereocenters. The highest BCUT2D eigenvalue weighted by molar-refractivity contribution is 6.05. The number of hydrogen-bond acceptors (Lipinski definition) is 5. The van der Waals surface area contributed by atoms with Crippen molar-refractivity contribution in [2.45, 2.75) is 33.2 Å². The molecule has 0 aliphatic carbocycles. The van der Waals surface area contributed by atoms with Gasteiger partial charge in [0.2, 0.25) is 0 Å². The molecule has 3 aromatic rings. The van der Waals surface area contributed by atoms with Gasteiger partial charge in [-0.05, 0) is 36.4 Å². The minimum absolute atomic E-state index is 0.207. The summed E-state index contributed by atoms with van der Waals surface area (Å²) < 4.78 is 11.1. The summed E-state index contributed by atoms with van der Waals surface area (Å²) in [7, 11) is 0. The van der Waals surface area contributed by atoms with Crippen LogP contribution >= 0.6 is 0 Å². The van der Waals surface area contributed by atoms with Gasteiger partial charge in [-0.1, -0.05) is 38.5 Å². The first-order valence-electron chi connectivity index (χ1n) is 9.43. The zero-order valence-corrected chi connectivity index (χ0v) is 16.5. The predicted molar refractivity (Wildman–Crippen MR) is 109 cm³/mol. The minimum atomic E-state index is -1.08. The van der Waals surface area contributed by atoms with Gasteiger partial charge in [0, 0.05) is 10.9 Å². The van der Waals surface area contributed by atoms with Gasteiger partial charge >= 0.3 is 11.6 Å². The number of benzene rings is 2. The second kappa shape index (κ2) is 8.34. The van der Waals surface area contributed by atoms with Gasteiger partial charge in [-0.15, -0.1) is 0 Å². The molecule has 7 heteroatoms. The Labute approximate surface area is 167 Å². The molecule has 0 fully saturated rings. The Kier molecular flexibility index (Phi) is 5.87. The smallest absolute Gasteiger partial charge is 0.344 e. The SMILES string of the molecule is CCC(C)C(NC(=O)COc1ccc2c(oc(=O)c3ccccc32)c1C)C(=O)O. The Hall–Kier alpha value is -3.35. The first kappa shape index (κ1) is 20.4. The van der Waals surface area contributed by atoms with Crippen LogP contribution in [0.15, 0.2) is 45.6 Å². The van der Waals surface area contributed by atoms with Crippen LogP contribution in [0.3, 0.4) is 0 Å². The van der Waals surface area contributed by atoms with Crippen LogP contribution in [-0.4, -0.2) is 29.6 Å². The highest BCUT2D eigenvalue weighted by Gasteiger charge is 2.25. The van der Waals surface area contributed by atoms with Gasteiger partial charge in [-0.3, -0.25) is 4.79 Å². The van der Waals surface area contributed by atoms with E-state index in [1.807, 2.05) is 19.1 Å². The average molecular weight is 397 g/mol. The summed E-state index contributed by atoms with van der Waals surface area (Å²) >= 11 is 0. The van der Waals surface area contributed by atoms with Gasteiger partial charge in [0.15, 0.2) is 6.61 Å². The molecule has 29 heavy (non-hydrogen) atoms. The number of hydrogen-bond donors (Lipinski definition) is 2. The molecular weight excluding hydrogens is 374 g/mol. The zero-order chi connectivity index (χ0) is 21.1. The number of ether oxygens (including phenoxy) is 1. The van der Waals surface area contributed by atoms with Crippen LogP contribution in [0.25, 0.3) is 21.7 Å².